The van der Waals surface area contributed by atoms with E-state index in [-0.39, 0.29) is 6.04 Å². The molecule has 2 rings (SSSR count). The quantitative estimate of drug-likeness (QED) is 0.812. The van der Waals surface area contributed by atoms with Crippen LogP contribution in [0.5, 0.6) is 0 Å². The molecule has 1 aliphatic carbocycles. The summed E-state index contributed by atoms with van der Waals surface area (Å²) in [5.74, 6) is 0.909. The van der Waals surface area contributed by atoms with Crippen LogP contribution in [0.4, 0.5) is 5.82 Å². The van der Waals surface area contributed by atoms with Crippen molar-refractivity contribution >= 4 is 21.7 Å². The molecule has 82 valence electrons. The molecule has 1 saturated carbocycles. The highest BCUT2D eigenvalue weighted by Gasteiger charge is 2.21. The SMILES string of the molecule is N[C@H]1CCCC[C@H]1Nc1cccc(Br)n1. The Hall–Kier alpha value is -0.610. The molecule has 0 aromatic carbocycles. The first-order chi connectivity index (χ1) is 7.25. The molecule has 0 radical (unpaired) electrons. The molecule has 3 nitrogen and oxygen atoms in total. The first-order valence-electron chi connectivity index (χ1n) is 5.40. The van der Waals surface area contributed by atoms with Gasteiger partial charge < -0.3 is 11.1 Å². The first kappa shape index (κ1) is 10.9. The molecule has 0 bridgehead atoms. The summed E-state index contributed by atoms with van der Waals surface area (Å²) in [5.41, 5.74) is 6.06. The van der Waals surface area contributed by atoms with E-state index in [4.69, 9.17) is 5.73 Å². The second kappa shape index (κ2) is 4.94. The fourth-order valence-corrected chi connectivity index (χ4v) is 2.36. The topological polar surface area (TPSA) is 50.9 Å². The number of hydrogen-bond acceptors (Lipinski definition) is 3. The number of pyridine rings is 1. The minimum atomic E-state index is 0.263. The van der Waals surface area contributed by atoms with Gasteiger partial charge in [0, 0.05) is 12.1 Å². The number of hydrogen-bond donors (Lipinski definition) is 2. The monoisotopic (exact) mass is 269 g/mol. The smallest absolute Gasteiger partial charge is 0.127 e. The van der Waals surface area contributed by atoms with Crippen LogP contribution in [0, 0.1) is 0 Å². The summed E-state index contributed by atoms with van der Waals surface area (Å²) < 4.78 is 0.858. The first-order valence-corrected chi connectivity index (χ1v) is 6.20. The Bertz CT molecular complexity index is 329. The van der Waals surface area contributed by atoms with Crippen molar-refractivity contribution in [1.29, 1.82) is 0 Å². The predicted octanol–water partition coefficient (Wildman–Crippen LogP) is 2.53. The van der Waals surface area contributed by atoms with E-state index in [1.807, 2.05) is 18.2 Å². The van der Waals surface area contributed by atoms with E-state index < -0.39 is 0 Å². The van der Waals surface area contributed by atoms with E-state index in [1.165, 1.54) is 12.8 Å². The summed E-state index contributed by atoms with van der Waals surface area (Å²) in [4.78, 5) is 4.35. The van der Waals surface area contributed by atoms with Gasteiger partial charge in [0.2, 0.25) is 0 Å². The average Bonchev–Trinajstić information content (AvgIpc) is 2.22. The number of nitrogens with zero attached hydrogens (tertiary/aromatic N) is 1. The van der Waals surface area contributed by atoms with Crippen molar-refractivity contribution in [2.75, 3.05) is 5.32 Å². The van der Waals surface area contributed by atoms with Crippen molar-refractivity contribution < 1.29 is 0 Å². The van der Waals surface area contributed by atoms with Gasteiger partial charge in [-0.05, 0) is 40.9 Å². The Morgan fingerprint density at radius 2 is 2.13 bits per heavy atom. The maximum absolute atomic E-state index is 6.06. The maximum atomic E-state index is 6.06. The van der Waals surface area contributed by atoms with Crippen LogP contribution >= 0.6 is 15.9 Å². The van der Waals surface area contributed by atoms with Crippen molar-refractivity contribution in [2.24, 2.45) is 5.73 Å². The number of aromatic nitrogens is 1. The molecular weight excluding hydrogens is 254 g/mol. The third-order valence-electron chi connectivity index (χ3n) is 2.87. The summed E-state index contributed by atoms with van der Waals surface area (Å²) in [6.07, 6.45) is 4.78. The molecule has 1 aromatic heterocycles. The molecule has 0 unspecified atom stereocenters. The third kappa shape index (κ3) is 2.92. The molecular formula is C11H16BrN3. The van der Waals surface area contributed by atoms with Crippen LogP contribution in [0.1, 0.15) is 25.7 Å². The fraction of sp³-hybridized carbons (Fsp3) is 0.545. The van der Waals surface area contributed by atoms with Crippen LogP contribution in [0.2, 0.25) is 0 Å². The zero-order valence-corrected chi connectivity index (χ0v) is 10.2. The molecule has 2 atom stereocenters. The molecule has 3 N–H and O–H groups in total. The Morgan fingerprint density at radius 1 is 1.33 bits per heavy atom. The summed E-state index contributed by atoms with van der Waals surface area (Å²) in [7, 11) is 0. The normalized spacial score (nSPS) is 26.3. The second-order valence-corrected chi connectivity index (χ2v) is 4.86. The zero-order valence-electron chi connectivity index (χ0n) is 8.62. The molecule has 15 heavy (non-hydrogen) atoms. The maximum Gasteiger partial charge on any atom is 0.127 e. The van der Waals surface area contributed by atoms with Gasteiger partial charge in [0.1, 0.15) is 10.4 Å². The lowest BCUT2D eigenvalue weighted by Crippen LogP contribution is -2.42. The van der Waals surface area contributed by atoms with Crippen LogP contribution in [-0.2, 0) is 0 Å². The van der Waals surface area contributed by atoms with Gasteiger partial charge in [-0.25, -0.2) is 4.98 Å². The van der Waals surface area contributed by atoms with Crippen LogP contribution in [0.3, 0.4) is 0 Å². The molecule has 1 aliphatic rings. The van der Waals surface area contributed by atoms with Gasteiger partial charge in [0.05, 0.1) is 0 Å². The van der Waals surface area contributed by atoms with Crippen molar-refractivity contribution in [3.05, 3.63) is 22.8 Å². The van der Waals surface area contributed by atoms with Crippen molar-refractivity contribution in [1.82, 2.24) is 4.98 Å². The molecule has 0 spiro atoms. The van der Waals surface area contributed by atoms with E-state index in [1.54, 1.807) is 0 Å². The summed E-state index contributed by atoms with van der Waals surface area (Å²) in [6.45, 7) is 0. The summed E-state index contributed by atoms with van der Waals surface area (Å²) in [6, 6.07) is 6.52. The van der Waals surface area contributed by atoms with Crippen LogP contribution < -0.4 is 11.1 Å². The Balaban J connectivity index is 2.01. The van der Waals surface area contributed by atoms with Crippen molar-refractivity contribution in [3.63, 3.8) is 0 Å². The second-order valence-electron chi connectivity index (χ2n) is 4.04. The highest BCUT2D eigenvalue weighted by Crippen LogP contribution is 2.20. The van der Waals surface area contributed by atoms with E-state index in [0.29, 0.717) is 6.04 Å². The molecule has 0 amide bonds. The molecule has 0 aliphatic heterocycles. The van der Waals surface area contributed by atoms with Gasteiger partial charge in [-0.1, -0.05) is 18.9 Å². The number of nitrogens with one attached hydrogen (secondary N) is 1. The predicted molar refractivity (Wildman–Crippen MR) is 65.8 cm³/mol. The Kier molecular flexibility index (Phi) is 3.59. The van der Waals surface area contributed by atoms with Gasteiger partial charge in [-0.15, -0.1) is 0 Å². The van der Waals surface area contributed by atoms with E-state index >= 15 is 0 Å². The molecule has 0 saturated heterocycles. The Morgan fingerprint density at radius 3 is 2.87 bits per heavy atom. The van der Waals surface area contributed by atoms with Crippen LogP contribution in [0.15, 0.2) is 22.8 Å². The zero-order chi connectivity index (χ0) is 10.7. The minimum absolute atomic E-state index is 0.263. The number of halogens is 1. The largest absolute Gasteiger partial charge is 0.366 e. The molecule has 4 heteroatoms. The average molecular weight is 270 g/mol. The van der Waals surface area contributed by atoms with Gasteiger partial charge in [-0.3, -0.25) is 0 Å². The lowest BCUT2D eigenvalue weighted by atomic mass is 9.91. The molecule has 1 aromatic rings. The van der Waals surface area contributed by atoms with E-state index in [0.717, 1.165) is 23.3 Å². The number of rotatable bonds is 2. The fourth-order valence-electron chi connectivity index (χ4n) is 2.02. The highest BCUT2D eigenvalue weighted by atomic mass is 79.9. The third-order valence-corrected chi connectivity index (χ3v) is 3.31. The summed E-state index contributed by atoms with van der Waals surface area (Å²) in [5, 5.41) is 3.41. The van der Waals surface area contributed by atoms with Gasteiger partial charge >= 0.3 is 0 Å². The van der Waals surface area contributed by atoms with Crippen LogP contribution in [-0.4, -0.2) is 17.1 Å². The van der Waals surface area contributed by atoms with Gasteiger partial charge in [-0.2, -0.15) is 0 Å². The summed E-state index contributed by atoms with van der Waals surface area (Å²) >= 11 is 3.36. The molecule has 1 heterocycles. The standard InChI is InChI=1S/C11H16BrN3/c12-10-6-3-7-11(15-10)14-9-5-2-1-4-8(9)13/h3,6-9H,1-2,4-5,13H2,(H,14,15)/t8-,9+/m0/s1. The Labute approximate surface area is 98.6 Å². The van der Waals surface area contributed by atoms with Gasteiger partial charge in [0.25, 0.3) is 0 Å². The van der Waals surface area contributed by atoms with Gasteiger partial charge in [0.15, 0.2) is 0 Å². The van der Waals surface area contributed by atoms with Crippen molar-refractivity contribution in [2.45, 2.75) is 37.8 Å². The highest BCUT2D eigenvalue weighted by molar-refractivity contribution is 9.10. The van der Waals surface area contributed by atoms with E-state index in [9.17, 15) is 0 Å². The number of nitrogens with two attached hydrogens (primary N) is 1. The van der Waals surface area contributed by atoms with Crippen LogP contribution in [0.25, 0.3) is 0 Å². The minimum Gasteiger partial charge on any atom is -0.366 e. The van der Waals surface area contributed by atoms with Crippen molar-refractivity contribution in [3.8, 4) is 0 Å². The van der Waals surface area contributed by atoms with E-state index in [2.05, 4.69) is 26.2 Å². The number of anilines is 1. The lowest BCUT2D eigenvalue weighted by Gasteiger charge is -2.29. The lowest BCUT2D eigenvalue weighted by molar-refractivity contribution is 0.403. The molecule has 1 fully saturated rings.